The predicted octanol–water partition coefficient (Wildman–Crippen LogP) is 6.87. The Balaban J connectivity index is 1.52. The molecule has 1 amide bonds. The molecule has 4 aromatic heterocycles. The van der Waals surface area contributed by atoms with Crippen molar-refractivity contribution in [1.29, 1.82) is 0 Å². The van der Waals surface area contributed by atoms with E-state index >= 15 is 4.39 Å². The van der Waals surface area contributed by atoms with E-state index in [0.29, 0.717) is 40.2 Å². The van der Waals surface area contributed by atoms with Gasteiger partial charge in [0.2, 0.25) is 5.91 Å². The summed E-state index contributed by atoms with van der Waals surface area (Å²) in [6, 6.07) is 10.9. The molecule has 47 heavy (non-hydrogen) atoms. The molecule has 1 aliphatic heterocycles. The summed E-state index contributed by atoms with van der Waals surface area (Å²) in [5, 5.41) is 10.8. The molecule has 0 fully saturated rings. The number of pyridine rings is 1. The second kappa shape index (κ2) is 11.8. The molecule has 10 nitrogen and oxygen atoms in total. The van der Waals surface area contributed by atoms with E-state index in [9.17, 15) is 9.18 Å². The van der Waals surface area contributed by atoms with Gasteiger partial charge in [0.05, 0.1) is 47.9 Å². The number of aromatic nitrogens is 5. The molecule has 0 saturated carbocycles. The first-order valence-electron chi connectivity index (χ1n) is 15.2. The van der Waals surface area contributed by atoms with E-state index in [1.54, 1.807) is 21.8 Å². The molecule has 0 spiro atoms. The minimum Gasteiger partial charge on any atom is -0.490 e. The molecule has 1 aliphatic rings. The maximum Gasteiger partial charge on any atom is 0.246 e. The van der Waals surface area contributed by atoms with Crippen molar-refractivity contribution in [1.82, 2.24) is 29.4 Å². The van der Waals surface area contributed by atoms with Crippen molar-refractivity contribution in [3.8, 4) is 39.5 Å². The molecular weight excluding hydrogens is 606 g/mol. The zero-order valence-corrected chi connectivity index (χ0v) is 26.3. The number of amides is 1. The first-order chi connectivity index (χ1) is 22.7. The van der Waals surface area contributed by atoms with E-state index in [2.05, 4.69) is 11.7 Å². The lowest BCUT2D eigenvalue weighted by Gasteiger charge is -2.36. The lowest BCUT2D eigenvalue weighted by atomic mass is 9.94. The minimum absolute atomic E-state index is 0.0115. The molecule has 240 valence electrons. The van der Waals surface area contributed by atoms with Crippen LogP contribution in [-0.4, -0.2) is 62.2 Å². The van der Waals surface area contributed by atoms with Crippen LogP contribution in [0, 0.1) is 11.6 Å². The molecule has 2 aromatic carbocycles. The number of furan rings is 1. The molecular formula is C35H32F2N6O4. The van der Waals surface area contributed by atoms with Gasteiger partial charge >= 0.3 is 0 Å². The summed E-state index contributed by atoms with van der Waals surface area (Å²) >= 11 is 0. The van der Waals surface area contributed by atoms with E-state index in [0.717, 1.165) is 34.3 Å². The van der Waals surface area contributed by atoms with E-state index in [1.807, 2.05) is 49.8 Å². The maximum absolute atomic E-state index is 16.1. The van der Waals surface area contributed by atoms with Gasteiger partial charge in [0, 0.05) is 54.7 Å². The van der Waals surface area contributed by atoms with E-state index in [4.69, 9.17) is 24.0 Å². The Morgan fingerprint density at radius 2 is 1.94 bits per heavy atom. The number of carbonyl (C=O) groups excluding carboxylic acids is 1. The van der Waals surface area contributed by atoms with Crippen LogP contribution >= 0.6 is 0 Å². The number of rotatable bonds is 8. The van der Waals surface area contributed by atoms with Gasteiger partial charge in [0.1, 0.15) is 41.1 Å². The Labute approximate surface area is 268 Å². The number of aryl methyl sites for hydroxylation is 1. The summed E-state index contributed by atoms with van der Waals surface area (Å²) in [7, 11) is 3.37. The van der Waals surface area contributed by atoms with Crippen LogP contribution in [0.15, 0.2) is 72.0 Å². The third-order valence-corrected chi connectivity index (χ3v) is 8.69. The fraction of sp³-hybridized carbons (Fsp3) is 0.257. The third kappa shape index (κ3) is 5.05. The van der Waals surface area contributed by atoms with Gasteiger partial charge in [-0.25, -0.2) is 13.8 Å². The van der Waals surface area contributed by atoms with Crippen LogP contribution in [0.4, 0.5) is 8.78 Å². The van der Waals surface area contributed by atoms with E-state index in [1.165, 1.54) is 19.4 Å². The number of hydrogen-bond acceptors (Lipinski definition) is 7. The van der Waals surface area contributed by atoms with Crippen molar-refractivity contribution in [2.75, 3.05) is 26.9 Å². The highest BCUT2D eigenvalue weighted by Gasteiger charge is 2.34. The Hall–Kier alpha value is -5.36. The van der Waals surface area contributed by atoms with Gasteiger partial charge in [-0.05, 0) is 38.1 Å². The first-order valence-corrected chi connectivity index (χ1v) is 15.2. The highest BCUT2D eigenvalue weighted by Crippen LogP contribution is 2.46. The molecule has 0 radical (unpaired) electrons. The molecule has 0 bridgehead atoms. The van der Waals surface area contributed by atoms with Crippen LogP contribution in [-0.2, 0) is 16.6 Å². The van der Waals surface area contributed by atoms with Crippen molar-refractivity contribution < 1.29 is 27.5 Å². The lowest BCUT2D eigenvalue weighted by Crippen LogP contribution is -2.42. The number of nitrogens with zero attached hydrogens (tertiary/aromatic N) is 6. The molecule has 7 rings (SSSR count). The second-order valence-electron chi connectivity index (χ2n) is 11.6. The van der Waals surface area contributed by atoms with Crippen LogP contribution in [0.3, 0.4) is 0 Å². The maximum atomic E-state index is 16.1. The Morgan fingerprint density at radius 3 is 2.72 bits per heavy atom. The summed E-state index contributed by atoms with van der Waals surface area (Å²) in [6.45, 7) is 8.26. The van der Waals surface area contributed by atoms with E-state index in [-0.39, 0.29) is 42.5 Å². The number of carbonyl (C=O) groups is 1. The number of methoxy groups -OCH3 is 1. The van der Waals surface area contributed by atoms with Gasteiger partial charge in [0.25, 0.3) is 0 Å². The zero-order chi connectivity index (χ0) is 33.0. The average molecular weight is 639 g/mol. The molecule has 5 heterocycles. The average Bonchev–Trinajstić information content (AvgIpc) is 3.81. The number of halogens is 2. The number of benzene rings is 2. The van der Waals surface area contributed by atoms with Gasteiger partial charge in [-0.15, -0.1) is 0 Å². The topological polar surface area (TPSA) is 100 Å². The normalized spacial score (nSPS) is 16.2. The van der Waals surface area contributed by atoms with Crippen LogP contribution in [0.1, 0.15) is 31.6 Å². The van der Waals surface area contributed by atoms with Crippen molar-refractivity contribution >= 4 is 27.8 Å². The smallest absolute Gasteiger partial charge is 0.246 e. The van der Waals surface area contributed by atoms with Crippen LogP contribution < -0.4 is 4.74 Å². The number of hydrogen-bond donors (Lipinski definition) is 0. The highest BCUT2D eigenvalue weighted by atomic mass is 19.1. The van der Waals surface area contributed by atoms with Gasteiger partial charge in [-0.2, -0.15) is 10.2 Å². The zero-order valence-electron chi connectivity index (χ0n) is 26.3. The number of ether oxygens (including phenoxy) is 2. The molecule has 2 atom stereocenters. The Morgan fingerprint density at radius 1 is 1.11 bits per heavy atom. The quantitative estimate of drug-likeness (QED) is 0.133. The van der Waals surface area contributed by atoms with Crippen LogP contribution in [0.5, 0.6) is 5.75 Å². The fourth-order valence-electron chi connectivity index (χ4n) is 6.37. The summed E-state index contributed by atoms with van der Waals surface area (Å²) in [4.78, 5) is 19.6. The Bertz CT molecular complexity index is 2180. The van der Waals surface area contributed by atoms with Crippen LogP contribution in [0.25, 0.3) is 55.6 Å². The first kappa shape index (κ1) is 30.3. The van der Waals surface area contributed by atoms with Crippen molar-refractivity contribution in [2.45, 2.75) is 25.9 Å². The summed E-state index contributed by atoms with van der Waals surface area (Å²) in [5.41, 5.74) is 4.46. The molecule has 2 unspecified atom stereocenters. The molecule has 0 N–H and O–H groups in total. The summed E-state index contributed by atoms with van der Waals surface area (Å²) in [5.74, 6) is -1.82. The molecule has 6 aromatic rings. The second-order valence-corrected chi connectivity index (χ2v) is 11.6. The van der Waals surface area contributed by atoms with Crippen molar-refractivity contribution in [2.24, 2.45) is 7.05 Å². The van der Waals surface area contributed by atoms with Gasteiger partial charge in [-0.3, -0.25) is 14.2 Å². The fourth-order valence-corrected chi connectivity index (χ4v) is 6.37. The molecule has 0 aliphatic carbocycles. The standard InChI is InChI=1S/C35H32F2N6O4/c1-6-30(44)42-18-19(2)43-27(20(42)3)16-26(40-43)34-31(32-25(37)14-23(36)15-29(32)46-12-11-45-5)24-9-10-47-35(24)33(39-34)21-7-8-22-17-38-41(4)28(22)13-21/h6-10,13-17,19-20H,1,11-12,18H2,2-5H3. The SMILES string of the molecule is C=CC(=O)N1CC(C)n2nc(-c3nc(-c4ccc5cnn(C)c5c4)c4occc4c3-c3c(F)cc(F)cc3OCCOC)cc2C1C. The Kier molecular flexibility index (Phi) is 7.59. The largest absolute Gasteiger partial charge is 0.490 e. The summed E-state index contributed by atoms with van der Waals surface area (Å²) in [6.07, 6.45) is 4.60. The molecule has 12 heteroatoms. The predicted molar refractivity (Wildman–Crippen MR) is 173 cm³/mol. The number of fused-ring (bicyclic) bond motifs is 3. The van der Waals surface area contributed by atoms with E-state index < -0.39 is 11.6 Å². The monoisotopic (exact) mass is 638 g/mol. The minimum atomic E-state index is -0.833. The van der Waals surface area contributed by atoms with Crippen molar-refractivity contribution in [3.05, 3.63) is 84.9 Å². The molecule has 0 saturated heterocycles. The van der Waals surface area contributed by atoms with Crippen molar-refractivity contribution in [3.63, 3.8) is 0 Å². The highest BCUT2D eigenvalue weighted by molar-refractivity contribution is 6.07. The van der Waals surface area contributed by atoms with Gasteiger partial charge in [0.15, 0.2) is 5.58 Å². The van der Waals surface area contributed by atoms with Crippen LogP contribution in [0.2, 0.25) is 0 Å². The third-order valence-electron chi connectivity index (χ3n) is 8.69. The summed E-state index contributed by atoms with van der Waals surface area (Å²) < 4.78 is 51.4. The van der Waals surface area contributed by atoms with Gasteiger partial charge < -0.3 is 18.8 Å². The van der Waals surface area contributed by atoms with Gasteiger partial charge in [-0.1, -0.05) is 18.7 Å². The lowest BCUT2D eigenvalue weighted by molar-refractivity contribution is -0.129.